The standard InChI is InChI=1S/C17H18FNO3/c1-12-3-8-15(17(19)20)16(11-12)22-10-2-9-21-14-6-4-13(18)5-7-14/h3-8,11H,2,9-10H2,1H3,(H2,19,20). The third kappa shape index (κ3) is 4.48. The molecule has 0 bridgehead atoms. The van der Waals surface area contributed by atoms with Crippen molar-refractivity contribution in [1.29, 1.82) is 0 Å². The molecule has 0 aromatic heterocycles. The van der Waals surface area contributed by atoms with E-state index < -0.39 is 5.91 Å². The molecule has 0 aliphatic rings. The normalized spacial score (nSPS) is 10.3. The third-order valence-corrected chi connectivity index (χ3v) is 3.03. The Hall–Kier alpha value is -2.56. The predicted octanol–water partition coefficient (Wildman–Crippen LogP) is 3.08. The second-order valence-corrected chi connectivity index (χ2v) is 4.87. The Morgan fingerprint density at radius 1 is 1.09 bits per heavy atom. The molecule has 2 rings (SSSR count). The van der Waals surface area contributed by atoms with E-state index in [4.69, 9.17) is 15.2 Å². The number of aryl methyl sites for hydroxylation is 1. The molecule has 0 aliphatic carbocycles. The van der Waals surface area contributed by atoms with Gasteiger partial charge < -0.3 is 15.2 Å². The number of nitrogens with two attached hydrogens (primary N) is 1. The zero-order chi connectivity index (χ0) is 15.9. The van der Waals surface area contributed by atoms with Gasteiger partial charge in [-0.05, 0) is 48.9 Å². The van der Waals surface area contributed by atoms with Gasteiger partial charge in [0, 0.05) is 6.42 Å². The third-order valence-electron chi connectivity index (χ3n) is 3.03. The SMILES string of the molecule is Cc1ccc(C(N)=O)c(OCCCOc2ccc(F)cc2)c1. The van der Waals surface area contributed by atoms with Crippen LogP contribution in [0.5, 0.6) is 11.5 Å². The number of rotatable bonds is 7. The molecule has 0 radical (unpaired) electrons. The summed E-state index contributed by atoms with van der Waals surface area (Å²) in [5.74, 6) is 0.274. The summed E-state index contributed by atoms with van der Waals surface area (Å²) in [4.78, 5) is 11.3. The average Bonchev–Trinajstić information content (AvgIpc) is 2.48. The smallest absolute Gasteiger partial charge is 0.252 e. The molecule has 22 heavy (non-hydrogen) atoms. The van der Waals surface area contributed by atoms with Crippen LogP contribution in [0.15, 0.2) is 42.5 Å². The van der Waals surface area contributed by atoms with Gasteiger partial charge in [-0.1, -0.05) is 6.07 Å². The molecule has 2 aromatic rings. The highest BCUT2D eigenvalue weighted by Crippen LogP contribution is 2.20. The molecule has 1 amide bonds. The van der Waals surface area contributed by atoms with Crippen molar-refractivity contribution in [3.63, 3.8) is 0 Å². The Balaban J connectivity index is 1.80. The van der Waals surface area contributed by atoms with E-state index in [-0.39, 0.29) is 5.82 Å². The predicted molar refractivity (Wildman–Crippen MR) is 81.7 cm³/mol. The molecule has 0 saturated heterocycles. The van der Waals surface area contributed by atoms with Gasteiger partial charge in [-0.3, -0.25) is 4.79 Å². The lowest BCUT2D eigenvalue weighted by Crippen LogP contribution is -2.14. The second-order valence-electron chi connectivity index (χ2n) is 4.87. The van der Waals surface area contributed by atoms with Crippen LogP contribution in [-0.2, 0) is 0 Å². The van der Waals surface area contributed by atoms with E-state index in [2.05, 4.69) is 0 Å². The average molecular weight is 303 g/mol. The first-order chi connectivity index (χ1) is 10.6. The van der Waals surface area contributed by atoms with Crippen LogP contribution in [0.1, 0.15) is 22.3 Å². The van der Waals surface area contributed by atoms with E-state index in [1.165, 1.54) is 12.1 Å². The van der Waals surface area contributed by atoms with E-state index in [0.717, 1.165) is 5.56 Å². The molecule has 0 fully saturated rings. The highest BCUT2D eigenvalue weighted by atomic mass is 19.1. The highest BCUT2D eigenvalue weighted by molar-refractivity contribution is 5.95. The van der Waals surface area contributed by atoms with E-state index in [1.54, 1.807) is 24.3 Å². The van der Waals surface area contributed by atoms with Crippen LogP contribution in [0.2, 0.25) is 0 Å². The summed E-state index contributed by atoms with van der Waals surface area (Å²) < 4.78 is 23.8. The van der Waals surface area contributed by atoms with Gasteiger partial charge in [0.2, 0.25) is 0 Å². The fourth-order valence-electron chi connectivity index (χ4n) is 1.91. The van der Waals surface area contributed by atoms with E-state index >= 15 is 0 Å². The number of amides is 1. The summed E-state index contributed by atoms with van der Waals surface area (Å²) in [5.41, 5.74) is 6.66. The fraction of sp³-hybridized carbons (Fsp3) is 0.235. The van der Waals surface area contributed by atoms with E-state index in [1.807, 2.05) is 13.0 Å². The number of hydrogen-bond donors (Lipinski definition) is 1. The molecular weight excluding hydrogens is 285 g/mol. The van der Waals surface area contributed by atoms with E-state index in [9.17, 15) is 9.18 Å². The molecular formula is C17H18FNO3. The molecule has 4 nitrogen and oxygen atoms in total. The first kappa shape index (κ1) is 15.8. The number of halogens is 1. The van der Waals surface area contributed by atoms with Gasteiger partial charge in [0.15, 0.2) is 0 Å². The summed E-state index contributed by atoms with van der Waals surface area (Å²) in [6.07, 6.45) is 0.628. The molecule has 2 N–H and O–H groups in total. The van der Waals surface area contributed by atoms with Gasteiger partial charge >= 0.3 is 0 Å². The summed E-state index contributed by atoms with van der Waals surface area (Å²) in [5, 5.41) is 0. The van der Waals surface area contributed by atoms with Crippen LogP contribution in [0, 0.1) is 12.7 Å². The highest BCUT2D eigenvalue weighted by Gasteiger charge is 2.09. The Morgan fingerprint density at radius 2 is 1.77 bits per heavy atom. The van der Waals surface area contributed by atoms with Crippen molar-refractivity contribution in [2.75, 3.05) is 13.2 Å². The van der Waals surface area contributed by atoms with Crippen molar-refractivity contribution < 1.29 is 18.7 Å². The lowest BCUT2D eigenvalue weighted by atomic mass is 10.1. The quantitative estimate of drug-likeness (QED) is 0.800. The number of primary amides is 1. The van der Waals surface area contributed by atoms with Crippen LogP contribution >= 0.6 is 0 Å². The zero-order valence-corrected chi connectivity index (χ0v) is 12.3. The van der Waals surface area contributed by atoms with Gasteiger partial charge in [-0.25, -0.2) is 4.39 Å². The largest absolute Gasteiger partial charge is 0.493 e. The van der Waals surface area contributed by atoms with E-state index in [0.29, 0.717) is 36.7 Å². The minimum absolute atomic E-state index is 0.297. The maximum atomic E-state index is 12.7. The lowest BCUT2D eigenvalue weighted by molar-refractivity contribution is 0.0996. The van der Waals surface area contributed by atoms with Gasteiger partial charge in [0.1, 0.15) is 17.3 Å². The van der Waals surface area contributed by atoms with Crippen LogP contribution < -0.4 is 15.2 Å². The van der Waals surface area contributed by atoms with Crippen molar-refractivity contribution in [3.05, 3.63) is 59.4 Å². The van der Waals surface area contributed by atoms with Crippen LogP contribution in [0.25, 0.3) is 0 Å². The van der Waals surface area contributed by atoms with Gasteiger partial charge in [-0.15, -0.1) is 0 Å². The summed E-state index contributed by atoms with van der Waals surface area (Å²) in [6.45, 7) is 2.74. The van der Waals surface area contributed by atoms with Gasteiger partial charge in [-0.2, -0.15) is 0 Å². The van der Waals surface area contributed by atoms with Crippen LogP contribution in [0.4, 0.5) is 4.39 Å². The van der Waals surface area contributed by atoms with Crippen molar-refractivity contribution >= 4 is 5.91 Å². The number of ether oxygens (including phenoxy) is 2. The minimum Gasteiger partial charge on any atom is -0.493 e. The summed E-state index contributed by atoms with van der Waals surface area (Å²) in [6, 6.07) is 11.1. The summed E-state index contributed by atoms with van der Waals surface area (Å²) >= 11 is 0. The van der Waals surface area contributed by atoms with Crippen molar-refractivity contribution in [2.24, 2.45) is 5.73 Å². The van der Waals surface area contributed by atoms with Gasteiger partial charge in [0.05, 0.1) is 18.8 Å². The Bertz CT molecular complexity index is 641. The molecule has 0 atom stereocenters. The lowest BCUT2D eigenvalue weighted by Gasteiger charge is -2.11. The number of hydrogen-bond acceptors (Lipinski definition) is 3. The zero-order valence-electron chi connectivity index (χ0n) is 12.3. The first-order valence-corrected chi connectivity index (χ1v) is 6.98. The summed E-state index contributed by atoms with van der Waals surface area (Å²) in [7, 11) is 0. The van der Waals surface area contributed by atoms with Crippen molar-refractivity contribution in [3.8, 4) is 11.5 Å². The van der Waals surface area contributed by atoms with Crippen molar-refractivity contribution in [2.45, 2.75) is 13.3 Å². The Morgan fingerprint density at radius 3 is 2.45 bits per heavy atom. The monoisotopic (exact) mass is 303 g/mol. The van der Waals surface area contributed by atoms with Crippen molar-refractivity contribution in [1.82, 2.24) is 0 Å². The maximum Gasteiger partial charge on any atom is 0.252 e. The molecule has 0 aliphatic heterocycles. The first-order valence-electron chi connectivity index (χ1n) is 6.98. The topological polar surface area (TPSA) is 61.6 Å². The number of carbonyl (C=O) groups is 1. The number of benzene rings is 2. The molecule has 0 heterocycles. The molecule has 0 spiro atoms. The Labute approximate surface area is 128 Å². The molecule has 2 aromatic carbocycles. The fourth-order valence-corrected chi connectivity index (χ4v) is 1.91. The molecule has 0 saturated carbocycles. The van der Waals surface area contributed by atoms with Crippen LogP contribution in [-0.4, -0.2) is 19.1 Å². The Kier molecular flexibility index (Phi) is 5.36. The minimum atomic E-state index is -0.516. The second kappa shape index (κ2) is 7.45. The number of carbonyl (C=O) groups excluding carboxylic acids is 1. The maximum absolute atomic E-state index is 12.7. The molecule has 116 valence electrons. The molecule has 0 unspecified atom stereocenters. The molecule has 5 heteroatoms. The van der Waals surface area contributed by atoms with Gasteiger partial charge in [0.25, 0.3) is 5.91 Å². The van der Waals surface area contributed by atoms with Crippen LogP contribution in [0.3, 0.4) is 0 Å².